The van der Waals surface area contributed by atoms with E-state index in [2.05, 4.69) is 37.0 Å². The predicted octanol–water partition coefficient (Wildman–Crippen LogP) is 4.16. The first kappa shape index (κ1) is 22.5. The number of hydrogen-bond donors (Lipinski definition) is 0. The molecular formula is C27H35N3O2. The highest BCUT2D eigenvalue weighted by atomic mass is 16.2. The van der Waals surface area contributed by atoms with E-state index in [1.54, 1.807) is 25.2 Å². The van der Waals surface area contributed by atoms with Crippen molar-refractivity contribution in [3.63, 3.8) is 0 Å². The van der Waals surface area contributed by atoms with Gasteiger partial charge in [0.1, 0.15) is 5.41 Å². The molecule has 0 N–H and O–H groups in total. The molecule has 2 amide bonds. The highest BCUT2D eigenvalue weighted by Gasteiger charge is 2.51. The molecule has 1 unspecified atom stereocenters. The van der Waals surface area contributed by atoms with Crippen LogP contribution in [0.25, 0.3) is 0 Å². The van der Waals surface area contributed by atoms with E-state index in [1.807, 2.05) is 23.1 Å². The van der Waals surface area contributed by atoms with E-state index >= 15 is 0 Å². The lowest BCUT2D eigenvalue weighted by Gasteiger charge is -2.45. The molecule has 1 saturated heterocycles. The molecule has 2 fully saturated rings. The zero-order valence-electron chi connectivity index (χ0n) is 19.9. The number of nitrogens with zero attached hydrogens (tertiary/aromatic N) is 3. The van der Waals surface area contributed by atoms with Crippen molar-refractivity contribution >= 4 is 11.8 Å². The van der Waals surface area contributed by atoms with E-state index in [0.29, 0.717) is 19.5 Å². The van der Waals surface area contributed by atoms with E-state index in [0.717, 1.165) is 43.4 Å². The van der Waals surface area contributed by atoms with Crippen LogP contribution in [0.3, 0.4) is 0 Å². The van der Waals surface area contributed by atoms with E-state index in [-0.39, 0.29) is 11.8 Å². The standard InChI is InChI=1S/C27H35N3O2/c1-20-16-21(2)18-22(17-20)26(11-6-7-12-26)25(32)30-15-9-13-27(19-30,24(31)29(3)4)23-10-5-8-14-28-23/h5,8,10,14,16-18H,6-7,9,11-13,15,19H2,1-4H3. The van der Waals surface area contributed by atoms with E-state index in [9.17, 15) is 9.59 Å². The summed E-state index contributed by atoms with van der Waals surface area (Å²) in [6.07, 6.45) is 7.14. The summed E-state index contributed by atoms with van der Waals surface area (Å²) >= 11 is 0. The van der Waals surface area contributed by atoms with E-state index in [1.165, 1.54) is 11.1 Å². The van der Waals surface area contributed by atoms with Gasteiger partial charge in [0.2, 0.25) is 11.8 Å². The number of carbonyl (C=O) groups excluding carboxylic acids is 2. The number of likely N-dealkylation sites (N-methyl/N-ethyl adjacent to an activating group) is 1. The first-order valence-electron chi connectivity index (χ1n) is 11.8. The number of amides is 2. The smallest absolute Gasteiger partial charge is 0.236 e. The molecule has 1 aliphatic carbocycles. The summed E-state index contributed by atoms with van der Waals surface area (Å²) in [5.41, 5.74) is 3.03. The quantitative estimate of drug-likeness (QED) is 0.728. The Kier molecular flexibility index (Phi) is 6.11. The Bertz CT molecular complexity index is 975. The molecule has 4 rings (SSSR count). The summed E-state index contributed by atoms with van der Waals surface area (Å²) in [5.74, 6) is 0.215. The molecule has 2 aromatic rings. The lowest BCUT2D eigenvalue weighted by Crippen LogP contribution is -2.58. The zero-order chi connectivity index (χ0) is 22.9. The summed E-state index contributed by atoms with van der Waals surface area (Å²) in [4.78, 5) is 35.9. The number of likely N-dealkylation sites (tertiary alicyclic amines) is 1. The third-order valence-corrected chi connectivity index (χ3v) is 7.39. The molecule has 1 aromatic heterocycles. The van der Waals surface area contributed by atoms with Gasteiger partial charge in [0.15, 0.2) is 0 Å². The van der Waals surface area contributed by atoms with Crippen LogP contribution in [-0.2, 0) is 20.4 Å². The van der Waals surface area contributed by atoms with E-state index in [4.69, 9.17) is 0 Å². The largest absolute Gasteiger partial charge is 0.348 e. The molecule has 5 nitrogen and oxygen atoms in total. The first-order chi connectivity index (χ1) is 15.3. The summed E-state index contributed by atoms with van der Waals surface area (Å²) in [7, 11) is 3.59. The van der Waals surface area contributed by atoms with Gasteiger partial charge in [-0.25, -0.2) is 0 Å². The SMILES string of the molecule is Cc1cc(C)cc(C2(C(=O)N3CCCC(C(=O)N(C)C)(c4ccccn4)C3)CCCC2)c1. The number of pyridine rings is 1. The second kappa shape index (κ2) is 8.68. The molecule has 170 valence electrons. The fourth-order valence-electron chi connectivity index (χ4n) is 5.95. The van der Waals surface area contributed by atoms with Gasteiger partial charge >= 0.3 is 0 Å². The third-order valence-electron chi connectivity index (χ3n) is 7.39. The van der Waals surface area contributed by atoms with Gasteiger partial charge in [-0.1, -0.05) is 48.2 Å². The van der Waals surface area contributed by atoms with Crippen molar-refractivity contribution in [2.45, 2.75) is 63.2 Å². The van der Waals surface area contributed by atoms with Crippen LogP contribution in [0.2, 0.25) is 0 Å². The third kappa shape index (κ3) is 3.82. The maximum absolute atomic E-state index is 14.2. The van der Waals surface area contributed by atoms with Crippen LogP contribution in [0.1, 0.15) is 60.9 Å². The molecule has 1 atom stereocenters. The first-order valence-corrected chi connectivity index (χ1v) is 11.8. The van der Waals surface area contributed by atoms with Crippen molar-refractivity contribution in [1.82, 2.24) is 14.8 Å². The van der Waals surface area contributed by atoms with Crippen molar-refractivity contribution < 1.29 is 9.59 Å². The van der Waals surface area contributed by atoms with Gasteiger partial charge in [-0.2, -0.15) is 0 Å². The Labute approximate surface area is 191 Å². The second-order valence-electron chi connectivity index (χ2n) is 9.99. The molecule has 1 saturated carbocycles. The molecule has 5 heteroatoms. The van der Waals surface area contributed by atoms with Crippen molar-refractivity contribution in [2.75, 3.05) is 27.2 Å². The van der Waals surface area contributed by atoms with Gasteiger partial charge in [-0.05, 0) is 57.2 Å². The van der Waals surface area contributed by atoms with Crippen molar-refractivity contribution in [1.29, 1.82) is 0 Å². The van der Waals surface area contributed by atoms with Gasteiger partial charge in [0.05, 0.1) is 11.1 Å². The number of piperidine rings is 1. The summed E-state index contributed by atoms with van der Waals surface area (Å²) in [6.45, 7) is 5.30. The molecule has 0 spiro atoms. The molecule has 1 aromatic carbocycles. The molecule has 1 aliphatic heterocycles. The number of carbonyl (C=O) groups is 2. The minimum absolute atomic E-state index is 0.0283. The lowest BCUT2D eigenvalue weighted by atomic mass is 9.72. The maximum atomic E-state index is 14.2. The van der Waals surface area contributed by atoms with Gasteiger partial charge in [-0.3, -0.25) is 14.6 Å². The Morgan fingerprint density at radius 1 is 0.938 bits per heavy atom. The Hall–Kier alpha value is -2.69. The highest BCUT2D eigenvalue weighted by Crippen LogP contribution is 2.45. The highest BCUT2D eigenvalue weighted by molar-refractivity contribution is 5.92. The average molecular weight is 434 g/mol. The van der Waals surface area contributed by atoms with Crippen LogP contribution in [0, 0.1) is 13.8 Å². The zero-order valence-corrected chi connectivity index (χ0v) is 19.9. The number of aromatic nitrogens is 1. The van der Waals surface area contributed by atoms with Crippen LogP contribution in [0.5, 0.6) is 0 Å². The Morgan fingerprint density at radius 2 is 1.59 bits per heavy atom. The van der Waals surface area contributed by atoms with Crippen LogP contribution in [0.4, 0.5) is 0 Å². The Balaban J connectivity index is 1.74. The molecule has 2 aliphatic rings. The van der Waals surface area contributed by atoms with Gasteiger partial charge in [-0.15, -0.1) is 0 Å². The number of hydrogen-bond acceptors (Lipinski definition) is 3. The minimum Gasteiger partial charge on any atom is -0.348 e. The van der Waals surface area contributed by atoms with Crippen molar-refractivity contribution in [2.24, 2.45) is 0 Å². The average Bonchev–Trinajstić information content (AvgIpc) is 3.29. The monoisotopic (exact) mass is 433 g/mol. The summed E-state index contributed by atoms with van der Waals surface area (Å²) in [6, 6.07) is 12.3. The van der Waals surface area contributed by atoms with Gasteiger partial charge in [0, 0.05) is 33.4 Å². The molecule has 2 heterocycles. The van der Waals surface area contributed by atoms with Gasteiger partial charge in [0.25, 0.3) is 0 Å². The lowest BCUT2D eigenvalue weighted by molar-refractivity contribution is -0.145. The van der Waals surface area contributed by atoms with Crippen LogP contribution < -0.4 is 0 Å². The molecular weight excluding hydrogens is 398 g/mol. The summed E-state index contributed by atoms with van der Waals surface area (Å²) in [5, 5.41) is 0. The second-order valence-corrected chi connectivity index (χ2v) is 9.99. The van der Waals surface area contributed by atoms with Gasteiger partial charge < -0.3 is 9.80 Å². The topological polar surface area (TPSA) is 53.5 Å². The van der Waals surface area contributed by atoms with Crippen LogP contribution >= 0.6 is 0 Å². The fraction of sp³-hybridized carbons (Fsp3) is 0.519. The number of aryl methyl sites for hydroxylation is 2. The Morgan fingerprint density at radius 3 is 2.19 bits per heavy atom. The molecule has 32 heavy (non-hydrogen) atoms. The normalized spacial score (nSPS) is 22.6. The molecule has 0 radical (unpaired) electrons. The van der Waals surface area contributed by atoms with Crippen molar-refractivity contribution in [3.05, 3.63) is 65.0 Å². The van der Waals surface area contributed by atoms with E-state index < -0.39 is 10.8 Å². The van der Waals surface area contributed by atoms with Crippen molar-refractivity contribution in [3.8, 4) is 0 Å². The summed E-state index contributed by atoms with van der Waals surface area (Å²) < 4.78 is 0. The minimum atomic E-state index is -0.791. The predicted molar refractivity (Wildman–Crippen MR) is 126 cm³/mol. The molecule has 0 bridgehead atoms. The van der Waals surface area contributed by atoms with Crippen LogP contribution in [0.15, 0.2) is 42.6 Å². The number of rotatable bonds is 4. The fourth-order valence-corrected chi connectivity index (χ4v) is 5.95. The van der Waals surface area contributed by atoms with Crippen LogP contribution in [-0.4, -0.2) is 53.8 Å². The maximum Gasteiger partial charge on any atom is 0.236 e. The number of benzene rings is 1.